The van der Waals surface area contributed by atoms with Gasteiger partial charge in [0.05, 0.1) is 5.88 Å². The highest BCUT2D eigenvalue weighted by Crippen LogP contribution is 2.33. The van der Waals surface area contributed by atoms with Crippen molar-refractivity contribution in [1.82, 2.24) is 0 Å². The molecule has 102 valence electrons. The molecule has 0 bridgehead atoms. The summed E-state index contributed by atoms with van der Waals surface area (Å²) in [5.41, 5.74) is 2.47. The van der Waals surface area contributed by atoms with Gasteiger partial charge >= 0.3 is 0 Å². The third-order valence-electron chi connectivity index (χ3n) is 3.27. The Balaban J connectivity index is 2.32. The fourth-order valence-corrected chi connectivity index (χ4v) is 2.61. The van der Waals surface area contributed by atoms with Crippen molar-refractivity contribution in [1.29, 1.82) is 0 Å². The molecule has 1 aliphatic rings. The van der Waals surface area contributed by atoms with Crippen LogP contribution in [0.1, 0.15) is 22.8 Å². The van der Waals surface area contributed by atoms with E-state index in [0.717, 1.165) is 17.7 Å². The van der Waals surface area contributed by atoms with E-state index < -0.39 is 0 Å². The number of ketones is 1. The zero-order valence-corrected chi connectivity index (χ0v) is 11.7. The molecule has 4 nitrogen and oxygen atoms in total. The van der Waals surface area contributed by atoms with Crippen molar-refractivity contribution in [3.05, 3.63) is 29.3 Å². The van der Waals surface area contributed by atoms with Gasteiger partial charge in [-0.3, -0.25) is 9.59 Å². The summed E-state index contributed by atoms with van der Waals surface area (Å²) in [5, 5.41) is 0. The van der Waals surface area contributed by atoms with Crippen molar-refractivity contribution in [3.63, 3.8) is 0 Å². The Bertz CT molecular complexity index is 515. The molecule has 2 rings (SSSR count). The summed E-state index contributed by atoms with van der Waals surface area (Å²) in [6.07, 6.45) is 0.744. The minimum atomic E-state index is -0.0983. The molecule has 0 saturated carbocycles. The molecule has 1 unspecified atom stereocenters. The Morgan fingerprint density at radius 3 is 2.84 bits per heavy atom. The summed E-state index contributed by atoms with van der Waals surface area (Å²) in [7, 11) is 1.50. The van der Waals surface area contributed by atoms with Crippen molar-refractivity contribution in [3.8, 4) is 0 Å². The molecule has 0 spiro atoms. The van der Waals surface area contributed by atoms with Crippen LogP contribution in [-0.2, 0) is 16.0 Å². The number of ether oxygens (including phenoxy) is 1. The molecule has 1 heterocycles. The molecule has 1 aliphatic heterocycles. The molecule has 0 saturated heterocycles. The minimum Gasteiger partial charge on any atom is -0.375 e. The summed E-state index contributed by atoms with van der Waals surface area (Å²) in [5.74, 6) is -0.190. The van der Waals surface area contributed by atoms with Gasteiger partial charge < -0.3 is 9.64 Å². The Morgan fingerprint density at radius 1 is 1.47 bits per heavy atom. The highest BCUT2D eigenvalue weighted by atomic mass is 35.5. The second-order valence-electron chi connectivity index (χ2n) is 4.65. The van der Waals surface area contributed by atoms with E-state index in [1.54, 1.807) is 11.0 Å². The molecular weight excluding hydrogens is 266 g/mol. The summed E-state index contributed by atoms with van der Waals surface area (Å²) in [6.45, 7) is 2.04. The fraction of sp³-hybridized carbons (Fsp3) is 0.429. The highest BCUT2D eigenvalue weighted by Gasteiger charge is 2.31. The van der Waals surface area contributed by atoms with Crippen LogP contribution in [0.2, 0.25) is 0 Å². The van der Waals surface area contributed by atoms with Crippen molar-refractivity contribution >= 4 is 29.0 Å². The third kappa shape index (κ3) is 2.65. The number of methoxy groups -OCH3 is 1. The second kappa shape index (κ2) is 5.72. The van der Waals surface area contributed by atoms with E-state index >= 15 is 0 Å². The van der Waals surface area contributed by atoms with Crippen LogP contribution >= 0.6 is 11.6 Å². The van der Waals surface area contributed by atoms with Crippen molar-refractivity contribution < 1.29 is 14.3 Å². The number of alkyl halides is 1. The average molecular weight is 282 g/mol. The van der Waals surface area contributed by atoms with Crippen LogP contribution in [0.25, 0.3) is 0 Å². The molecule has 0 N–H and O–H groups in total. The van der Waals surface area contributed by atoms with Gasteiger partial charge in [-0.2, -0.15) is 0 Å². The molecule has 0 aromatic heterocycles. The lowest BCUT2D eigenvalue weighted by Gasteiger charge is -2.22. The number of Topliss-reactive ketones (excluding diaryl/α,β-unsaturated/α-hetero) is 1. The number of fused-ring (bicyclic) bond motifs is 1. The van der Waals surface area contributed by atoms with E-state index in [1.165, 1.54) is 7.11 Å². The fourth-order valence-electron chi connectivity index (χ4n) is 2.45. The van der Waals surface area contributed by atoms with Crippen molar-refractivity contribution in [2.45, 2.75) is 19.4 Å². The van der Waals surface area contributed by atoms with E-state index in [2.05, 4.69) is 0 Å². The monoisotopic (exact) mass is 281 g/mol. The maximum Gasteiger partial charge on any atom is 0.253 e. The van der Waals surface area contributed by atoms with Gasteiger partial charge in [0.15, 0.2) is 5.78 Å². The Hall–Kier alpha value is -1.39. The van der Waals surface area contributed by atoms with Gasteiger partial charge in [0, 0.05) is 24.4 Å². The Morgan fingerprint density at radius 2 is 2.21 bits per heavy atom. The van der Waals surface area contributed by atoms with Crippen LogP contribution in [0, 0.1) is 0 Å². The summed E-state index contributed by atoms with van der Waals surface area (Å²) >= 11 is 5.56. The van der Waals surface area contributed by atoms with E-state index in [9.17, 15) is 9.59 Å². The van der Waals surface area contributed by atoms with Crippen LogP contribution in [0.15, 0.2) is 18.2 Å². The average Bonchev–Trinajstić information content (AvgIpc) is 2.72. The molecule has 0 aliphatic carbocycles. The lowest BCUT2D eigenvalue weighted by Crippen LogP contribution is -2.38. The van der Waals surface area contributed by atoms with E-state index in [-0.39, 0.29) is 30.2 Å². The van der Waals surface area contributed by atoms with Gasteiger partial charge in [0.1, 0.15) is 6.61 Å². The Labute approximate surface area is 117 Å². The first-order valence-corrected chi connectivity index (χ1v) is 6.65. The van der Waals surface area contributed by atoms with E-state index in [0.29, 0.717) is 5.56 Å². The maximum absolute atomic E-state index is 12.0. The number of nitrogens with zero attached hydrogens (tertiary/aromatic N) is 1. The van der Waals surface area contributed by atoms with Crippen molar-refractivity contribution in [2.75, 3.05) is 24.5 Å². The molecule has 1 atom stereocenters. The molecule has 1 aromatic carbocycles. The van der Waals surface area contributed by atoms with Gasteiger partial charge in [0.2, 0.25) is 0 Å². The van der Waals surface area contributed by atoms with Crippen LogP contribution in [0.5, 0.6) is 0 Å². The zero-order valence-electron chi connectivity index (χ0n) is 11.0. The number of anilines is 1. The smallest absolute Gasteiger partial charge is 0.253 e. The van der Waals surface area contributed by atoms with Gasteiger partial charge in [-0.05, 0) is 37.1 Å². The number of carbonyl (C=O) groups is 2. The standard InChI is InChI=1S/C14H16ClNO3/c1-9-5-11-6-10(13(17)7-15)3-4-12(11)16(9)14(18)8-19-2/h3-4,6,9H,5,7-8H2,1-2H3. The summed E-state index contributed by atoms with van der Waals surface area (Å²) in [4.78, 5) is 25.3. The minimum absolute atomic E-state index is 0.0271. The predicted octanol–water partition coefficient (Wildman–Crippen LogP) is 2.03. The number of rotatable bonds is 4. The summed E-state index contributed by atoms with van der Waals surface area (Å²) in [6, 6.07) is 5.44. The number of halogens is 1. The molecular formula is C14H16ClNO3. The molecule has 5 heteroatoms. The van der Waals surface area contributed by atoms with Crippen LogP contribution in [0.4, 0.5) is 5.69 Å². The predicted molar refractivity (Wildman–Crippen MR) is 74.0 cm³/mol. The highest BCUT2D eigenvalue weighted by molar-refractivity contribution is 6.30. The lowest BCUT2D eigenvalue weighted by atomic mass is 10.0. The van der Waals surface area contributed by atoms with E-state index in [4.69, 9.17) is 16.3 Å². The Kier molecular flexibility index (Phi) is 4.22. The van der Waals surface area contributed by atoms with Crippen LogP contribution < -0.4 is 4.90 Å². The van der Waals surface area contributed by atoms with Gasteiger partial charge in [-0.25, -0.2) is 0 Å². The quantitative estimate of drug-likeness (QED) is 0.627. The zero-order chi connectivity index (χ0) is 14.0. The van der Waals surface area contributed by atoms with Gasteiger partial charge in [-0.1, -0.05) is 0 Å². The van der Waals surface area contributed by atoms with Gasteiger partial charge in [0.25, 0.3) is 5.91 Å². The first-order valence-electron chi connectivity index (χ1n) is 6.11. The number of benzene rings is 1. The number of amides is 1. The first-order chi connectivity index (χ1) is 9.08. The normalized spacial score (nSPS) is 17.4. The van der Waals surface area contributed by atoms with Crippen LogP contribution in [-0.4, -0.2) is 37.3 Å². The molecule has 19 heavy (non-hydrogen) atoms. The molecule has 1 amide bonds. The van der Waals surface area contributed by atoms with Crippen LogP contribution in [0.3, 0.4) is 0 Å². The topological polar surface area (TPSA) is 46.6 Å². The number of hydrogen-bond donors (Lipinski definition) is 0. The maximum atomic E-state index is 12.0. The third-order valence-corrected chi connectivity index (χ3v) is 3.52. The van der Waals surface area contributed by atoms with E-state index in [1.807, 2.05) is 19.1 Å². The number of carbonyl (C=O) groups excluding carboxylic acids is 2. The largest absolute Gasteiger partial charge is 0.375 e. The summed E-state index contributed by atoms with van der Waals surface area (Å²) < 4.78 is 4.90. The molecule has 1 aromatic rings. The number of hydrogen-bond acceptors (Lipinski definition) is 3. The molecule has 0 fully saturated rings. The molecule has 0 radical (unpaired) electrons. The first kappa shape index (κ1) is 14.0. The van der Waals surface area contributed by atoms with Gasteiger partial charge in [-0.15, -0.1) is 11.6 Å². The second-order valence-corrected chi connectivity index (χ2v) is 4.92. The van der Waals surface area contributed by atoms with Crippen molar-refractivity contribution in [2.24, 2.45) is 0 Å². The SMILES string of the molecule is COCC(=O)N1c2ccc(C(=O)CCl)cc2CC1C. The lowest BCUT2D eigenvalue weighted by molar-refractivity contribution is -0.122.